The lowest BCUT2D eigenvalue weighted by molar-refractivity contribution is -0.834. The fourth-order valence-electron chi connectivity index (χ4n) is 4.42. The largest absolute Gasteiger partial charge is 0.307 e. The van der Waals surface area contributed by atoms with Crippen molar-refractivity contribution in [3.05, 3.63) is 0 Å². The molecule has 2 saturated heterocycles. The molecule has 104 valence electrons. The van der Waals surface area contributed by atoms with Crippen molar-refractivity contribution < 1.29 is 4.48 Å². The van der Waals surface area contributed by atoms with E-state index in [1.54, 1.807) is 0 Å². The zero-order chi connectivity index (χ0) is 13.0. The van der Waals surface area contributed by atoms with Crippen molar-refractivity contribution in [1.29, 1.82) is 0 Å². The van der Waals surface area contributed by atoms with E-state index < -0.39 is 0 Å². The summed E-state index contributed by atoms with van der Waals surface area (Å²) in [7, 11) is 0. The highest BCUT2D eigenvalue weighted by Crippen LogP contribution is 2.50. The number of piperazine rings is 1. The van der Waals surface area contributed by atoms with Crippen LogP contribution in [0.1, 0.15) is 46.5 Å². The Morgan fingerprint density at radius 1 is 1.28 bits per heavy atom. The number of hydrogen-bond donors (Lipinski definition) is 0. The van der Waals surface area contributed by atoms with E-state index in [1.165, 1.54) is 62.9 Å². The molecule has 0 unspecified atom stereocenters. The topological polar surface area (TPSA) is 3.24 Å². The van der Waals surface area contributed by atoms with Crippen molar-refractivity contribution in [2.75, 3.05) is 32.7 Å². The second-order valence-electron chi connectivity index (χ2n) is 7.76. The Hall–Kier alpha value is 0.650. The van der Waals surface area contributed by atoms with Crippen LogP contribution >= 0.6 is 22.6 Å². The van der Waals surface area contributed by atoms with Gasteiger partial charge in [-0.3, -0.25) is 4.90 Å². The monoisotopic (exact) mass is 363 g/mol. The molecule has 1 spiro atoms. The van der Waals surface area contributed by atoms with Crippen LogP contribution in [0.25, 0.3) is 0 Å². The first kappa shape index (κ1) is 13.6. The van der Waals surface area contributed by atoms with Crippen LogP contribution in [0.15, 0.2) is 0 Å². The van der Waals surface area contributed by atoms with Crippen LogP contribution in [-0.2, 0) is 0 Å². The summed E-state index contributed by atoms with van der Waals surface area (Å²) in [5.74, 6) is 0. The molecule has 18 heavy (non-hydrogen) atoms. The van der Waals surface area contributed by atoms with Gasteiger partial charge in [-0.2, -0.15) is 0 Å². The number of quaternary nitrogens is 1. The van der Waals surface area contributed by atoms with Crippen LogP contribution in [-0.4, -0.2) is 57.1 Å². The van der Waals surface area contributed by atoms with Gasteiger partial charge in [-0.15, -0.1) is 0 Å². The average molecular weight is 363 g/mol. The zero-order valence-corrected chi connectivity index (χ0v) is 14.4. The van der Waals surface area contributed by atoms with Crippen LogP contribution < -0.4 is 0 Å². The highest BCUT2D eigenvalue weighted by Gasteiger charge is 2.67. The quantitative estimate of drug-likeness (QED) is 0.323. The number of alkyl halides is 1. The predicted molar refractivity (Wildman–Crippen MR) is 85.2 cm³/mol. The summed E-state index contributed by atoms with van der Waals surface area (Å²) in [6.07, 6.45) is 5.79. The first-order valence-corrected chi connectivity index (χ1v) is 8.71. The predicted octanol–water partition coefficient (Wildman–Crippen LogP) is 3.05. The third-order valence-corrected chi connectivity index (χ3v) is 6.09. The van der Waals surface area contributed by atoms with Gasteiger partial charge in [0.15, 0.2) is 0 Å². The van der Waals surface area contributed by atoms with Gasteiger partial charge in [0.1, 0.15) is 12.1 Å². The summed E-state index contributed by atoms with van der Waals surface area (Å²) in [6.45, 7) is 14.3. The van der Waals surface area contributed by atoms with Crippen molar-refractivity contribution in [2.24, 2.45) is 0 Å². The average Bonchev–Trinajstić information content (AvgIpc) is 2.68. The van der Waals surface area contributed by atoms with E-state index in [0.717, 1.165) is 6.04 Å². The number of halogens is 1. The van der Waals surface area contributed by atoms with Crippen LogP contribution in [0.4, 0.5) is 0 Å². The fourth-order valence-corrected chi connectivity index (χ4v) is 5.25. The van der Waals surface area contributed by atoms with Gasteiger partial charge in [0.05, 0.1) is 13.1 Å². The van der Waals surface area contributed by atoms with Crippen molar-refractivity contribution >= 4 is 22.6 Å². The van der Waals surface area contributed by atoms with E-state index in [9.17, 15) is 0 Å². The lowest BCUT2D eigenvalue weighted by Crippen LogP contribution is -2.55. The Morgan fingerprint density at radius 2 is 1.89 bits per heavy atom. The molecule has 0 radical (unpaired) electrons. The Balaban J connectivity index is 1.56. The summed E-state index contributed by atoms with van der Waals surface area (Å²) >= 11 is 2.63. The van der Waals surface area contributed by atoms with Gasteiger partial charge in [-0.1, -0.05) is 42.9 Å². The molecule has 2 aliphatic heterocycles. The molecule has 1 saturated carbocycles. The van der Waals surface area contributed by atoms with E-state index in [-0.39, 0.29) is 0 Å². The molecule has 0 aromatic heterocycles. The normalized spacial score (nSPS) is 36.7. The maximum absolute atomic E-state index is 2.78. The molecule has 2 nitrogen and oxygen atoms in total. The molecule has 3 fully saturated rings. The minimum absolute atomic E-state index is 0.458. The first-order valence-electron chi connectivity index (χ1n) is 7.63. The molecule has 0 aromatic carbocycles. The summed E-state index contributed by atoms with van der Waals surface area (Å²) < 4.78 is 1.89. The van der Waals surface area contributed by atoms with Gasteiger partial charge >= 0.3 is 0 Å². The highest BCUT2D eigenvalue weighted by atomic mass is 127. The van der Waals surface area contributed by atoms with Gasteiger partial charge in [0, 0.05) is 29.0 Å². The molecule has 3 heteroatoms. The van der Waals surface area contributed by atoms with E-state index in [2.05, 4.69) is 48.3 Å². The molecule has 1 aliphatic carbocycles. The second kappa shape index (κ2) is 4.32. The fraction of sp³-hybridized carbons (Fsp3) is 1.00. The maximum atomic E-state index is 2.78. The lowest BCUT2D eigenvalue weighted by atomic mass is 9.91. The Morgan fingerprint density at radius 3 is 2.33 bits per heavy atom. The Kier molecular flexibility index (Phi) is 3.27. The Bertz CT molecular complexity index is 324. The zero-order valence-electron chi connectivity index (χ0n) is 12.2. The van der Waals surface area contributed by atoms with E-state index in [0.29, 0.717) is 8.96 Å². The summed E-state index contributed by atoms with van der Waals surface area (Å²) in [5, 5.41) is 0. The van der Waals surface area contributed by atoms with Crippen molar-refractivity contribution in [2.45, 2.75) is 61.5 Å². The highest BCUT2D eigenvalue weighted by molar-refractivity contribution is 14.1. The van der Waals surface area contributed by atoms with E-state index >= 15 is 0 Å². The van der Waals surface area contributed by atoms with Crippen LogP contribution in [0.5, 0.6) is 0 Å². The van der Waals surface area contributed by atoms with E-state index in [4.69, 9.17) is 0 Å². The maximum Gasteiger partial charge on any atom is 0.147 e. The third-order valence-electron chi connectivity index (χ3n) is 5.71. The van der Waals surface area contributed by atoms with Crippen molar-refractivity contribution in [3.8, 4) is 0 Å². The molecule has 1 atom stereocenters. The SMILES string of the molecule is CC(C)(I)C[C@]1(C)C[N+]12CCN(C1CCC1)CC2. The lowest BCUT2D eigenvalue weighted by Gasteiger charge is -2.43. The smallest absolute Gasteiger partial charge is 0.147 e. The van der Waals surface area contributed by atoms with Crippen LogP contribution in [0.2, 0.25) is 0 Å². The molecule has 0 amide bonds. The number of rotatable bonds is 3. The third kappa shape index (κ3) is 2.35. The minimum atomic E-state index is 0.458. The standard InChI is InChI=1S/C15H28IN2/c1-14(2,16)11-15(3)12-18(15)9-7-17(8-10-18)13-5-4-6-13/h13H,4-12H2,1-3H3/q+1/t15-/m1/s1. The van der Waals surface area contributed by atoms with Crippen LogP contribution in [0, 0.1) is 0 Å². The molecular weight excluding hydrogens is 335 g/mol. The van der Waals surface area contributed by atoms with Gasteiger partial charge < -0.3 is 4.48 Å². The van der Waals surface area contributed by atoms with Gasteiger partial charge in [-0.05, 0) is 19.8 Å². The second-order valence-corrected chi connectivity index (χ2v) is 10.7. The minimum Gasteiger partial charge on any atom is -0.307 e. The van der Waals surface area contributed by atoms with Crippen molar-refractivity contribution in [3.63, 3.8) is 0 Å². The number of hydrogen-bond acceptors (Lipinski definition) is 1. The molecular formula is C15H28IN2+. The molecule has 0 N–H and O–H groups in total. The molecule has 3 rings (SSSR count). The van der Waals surface area contributed by atoms with Gasteiger partial charge in [-0.25, -0.2) is 0 Å². The van der Waals surface area contributed by atoms with Crippen molar-refractivity contribution in [1.82, 2.24) is 4.90 Å². The number of nitrogens with zero attached hydrogens (tertiary/aromatic N) is 2. The summed E-state index contributed by atoms with van der Waals surface area (Å²) in [4.78, 5) is 2.78. The van der Waals surface area contributed by atoms with E-state index in [1.807, 2.05) is 0 Å². The summed E-state index contributed by atoms with van der Waals surface area (Å²) in [5.41, 5.74) is 0.594. The molecule has 0 aromatic rings. The Labute approximate surface area is 126 Å². The molecule has 2 heterocycles. The van der Waals surface area contributed by atoms with Gasteiger partial charge in [0.25, 0.3) is 0 Å². The van der Waals surface area contributed by atoms with Crippen LogP contribution in [0.3, 0.4) is 0 Å². The van der Waals surface area contributed by atoms with Gasteiger partial charge in [0.2, 0.25) is 0 Å². The summed E-state index contributed by atoms with van der Waals surface area (Å²) in [6, 6.07) is 0.956. The first-order chi connectivity index (χ1) is 8.34. The molecule has 3 aliphatic rings. The molecule has 0 bridgehead atoms.